The Bertz CT molecular complexity index is 638. The third-order valence-corrected chi connectivity index (χ3v) is 5.55. The molecule has 2 aliphatic heterocycles. The van der Waals surface area contributed by atoms with Gasteiger partial charge in [0.25, 0.3) is 0 Å². The average Bonchev–Trinajstić information content (AvgIpc) is 3.06. The predicted octanol–water partition coefficient (Wildman–Crippen LogP) is 3.95. The van der Waals surface area contributed by atoms with E-state index < -0.39 is 5.60 Å². The molecule has 0 spiro atoms. The van der Waals surface area contributed by atoms with Gasteiger partial charge in [-0.2, -0.15) is 0 Å². The van der Waals surface area contributed by atoms with Crippen LogP contribution < -0.4 is 0 Å². The highest BCUT2D eigenvalue weighted by Crippen LogP contribution is 2.44. The van der Waals surface area contributed by atoms with Crippen molar-refractivity contribution in [2.24, 2.45) is 0 Å². The lowest BCUT2D eigenvalue weighted by Gasteiger charge is -2.20. The molecule has 0 radical (unpaired) electrons. The maximum Gasteiger partial charge on any atom is 0.339 e. The van der Waals surface area contributed by atoms with Crippen molar-refractivity contribution in [3.8, 4) is 0 Å². The molecular formula is C20H28O4. The summed E-state index contributed by atoms with van der Waals surface area (Å²) in [5.41, 5.74) is 1.85. The highest BCUT2D eigenvalue weighted by molar-refractivity contribution is 5.93. The third-order valence-electron chi connectivity index (χ3n) is 5.55. The standard InChI is InChI=1S/C20H28O4/c1-13-6-5-10-20(4)17(24-20)9-11-19(3,22)12-16-15(8-7-13)14(2)18(21)23-16/h6,12,17,22H,5,7-11H2,1-4H3/b13-6+,16-12-/t17-,19-,20-/m0/s1. The van der Waals surface area contributed by atoms with Gasteiger partial charge in [0.1, 0.15) is 5.76 Å². The molecule has 0 aromatic rings. The molecule has 2 heterocycles. The second kappa shape index (κ2) is 6.16. The van der Waals surface area contributed by atoms with Gasteiger partial charge in [-0.3, -0.25) is 0 Å². The molecule has 4 nitrogen and oxygen atoms in total. The SMILES string of the molecule is CC1=C2CC/C(C)=C/CC[C@]3(C)O[C@H]3CC[C@](C)(O)/C=C/2OC1=O. The van der Waals surface area contributed by atoms with Crippen LogP contribution in [0.3, 0.4) is 0 Å². The van der Waals surface area contributed by atoms with Gasteiger partial charge in [0.15, 0.2) is 0 Å². The number of aliphatic hydroxyl groups is 1. The van der Waals surface area contributed by atoms with Gasteiger partial charge >= 0.3 is 5.97 Å². The number of esters is 1. The van der Waals surface area contributed by atoms with Gasteiger partial charge in [0, 0.05) is 11.1 Å². The summed E-state index contributed by atoms with van der Waals surface area (Å²) >= 11 is 0. The Morgan fingerprint density at radius 3 is 2.71 bits per heavy atom. The topological polar surface area (TPSA) is 59.1 Å². The minimum atomic E-state index is -1.01. The fourth-order valence-corrected chi connectivity index (χ4v) is 3.66. The molecule has 3 atom stereocenters. The zero-order chi connectivity index (χ0) is 17.5. The first-order valence-corrected chi connectivity index (χ1v) is 8.91. The van der Waals surface area contributed by atoms with Gasteiger partial charge in [-0.1, -0.05) is 11.6 Å². The Balaban J connectivity index is 1.87. The molecule has 24 heavy (non-hydrogen) atoms. The first-order valence-electron chi connectivity index (χ1n) is 8.91. The maximum atomic E-state index is 11.9. The normalized spacial score (nSPS) is 42.0. The Hall–Kier alpha value is -1.39. The van der Waals surface area contributed by atoms with Crippen LogP contribution in [0.1, 0.15) is 66.2 Å². The summed E-state index contributed by atoms with van der Waals surface area (Å²) in [5.74, 6) is 0.239. The number of allylic oxidation sites excluding steroid dienone is 3. The van der Waals surface area contributed by atoms with E-state index in [0.717, 1.165) is 37.7 Å². The molecule has 1 fully saturated rings. The molecule has 0 aromatic carbocycles. The van der Waals surface area contributed by atoms with Crippen LogP contribution in [0.2, 0.25) is 0 Å². The minimum absolute atomic E-state index is 0.0500. The van der Waals surface area contributed by atoms with E-state index in [2.05, 4.69) is 19.9 Å². The van der Waals surface area contributed by atoms with E-state index in [4.69, 9.17) is 9.47 Å². The van der Waals surface area contributed by atoms with E-state index in [1.165, 1.54) is 5.57 Å². The van der Waals surface area contributed by atoms with E-state index in [0.29, 0.717) is 17.8 Å². The number of hydrogen-bond donors (Lipinski definition) is 1. The zero-order valence-electron chi connectivity index (χ0n) is 15.1. The van der Waals surface area contributed by atoms with E-state index in [9.17, 15) is 9.90 Å². The number of hydrogen-bond acceptors (Lipinski definition) is 4. The largest absolute Gasteiger partial charge is 0.423 e. The predicted molar refractivity (Wildman–Crippen MR) is 92.2 cm³/mol. The summed E-state index contributed by atoms with van der Waals surface area (Å²) in [4.78, 5) is 11.9. The molecule has 3 aliphatic rings. The second-order valence-electron chi connectivity index (χ2n) is 7.91. The van der Waals surface area contributed by atoms with Crippen molar-refractivity contribution in [3.05, 3.63) is 34.6 Å². The van der Waals surface area contributed by atoms with Crippen molar-refractivity contribution in [1.29, 1.82) is 0 Å². The number of rotatable bonds is 0. The first-order chi connectivity index (χ1) is 11.2. The van der Waals surface area contributed by atoms with E-state index in [1.54, 1.807) is 19.9 Å². The van der Waals surface area contributed by atoms with Crippen LogP contribution in [0.5, 0.6) is 0 Å². The van der Waals surface area contributed by atoms with Gasteiger partial charge in [0.05, 0.1) is 17.3 Å². The summed E-state index contributed by atoms with van der Waals surface area (Å²) in [5, 5.41) is 10.7. The Morgan fingerprint density at radius 2 is 1.96 bits per heavy atom. The van der Waals surface area contributed by atoms with Crippen molar-refractivity contribution in [3.63, 3.8) is 0 Å². The molecule has 0 aromatic heterocycles. The van der Waals surface area contributed by atoms with Crippen LogP contribution in [0, 0.1) is 0 Å². The smallest absolute Gasteiger partial charge is 0.339 e. The van der Waals surface area contributed by atoms with E-state index in [1.807, 2.05) is 0 Å². The van der Waals surface area contributed by atoms with Gasteiger partial charge in [-0.25, -0.2) is 4.79 Å². The highest BCUT2D eigenvalue weighted by Gasteiger charge is 2.51. The minimum Gasteiger partial charge on any atom is -0.423 e. The Morgan fingerprint density at radius 1 is 1.21 bits per heavy atom. The van der Waals surface area contributed by atoms with Crippen LogP contribution >= 0.6 is 0 Å². The summed E-state index contributed by atoms with van der Waals surface area (Å²) in [6.45, 7) is 7.87. The summed E-state index contributed by atoms with van der Waals surface area (Å²) in [6.07, 6.45) is 9.28. The highest BCUT2D eigenvalue weighted by atomic mass is 16.6. The summed E-state index contributed by atoms with van der Waals surface area (Å²) in [6, 6.07) is 0. The second-order valence-corrected chi connectivity index (χ2v) is 7.91. The van der Waals surface area contributed by atoms with E-state index in [-0.39, 0.29) is 17.7 Å². The zero-order valence-corrected chi connectivity index (χ0v) is 15.1. The molecule has 0 saturated carbocycles. The quantitative estimate of drug-likeness (QED) is 0.414. The lowest BCUT2D eigenvalue weighted by Crippen LogP contribution is -2.23. The molecular weight excluding hydrogens is 304 g/mol. The van der Waals surface area contributed by atoms with Crippen LogP contribution in [0.25, 0.3) is 0 Å². The monoisotopic (exact) mass is 332 g/mol. The number of carbonyl (C=O) groups is 1. The molecule has 0 amide bonds. The fraction of sp³-hybridized carbons (Fsp3) is 0.650. The third kappa shape index (κ3) is 3.65. The van der Waals surface area contributed by atoms with Gasteiger partial charge < -0.3 is 14.6 Å². The van der Waals surface area contributed by atoms with Crippen molar-refractivity contribution in [1.82, 2.24) is 0 Å². The first kappa shape index (κ1) is 17.4. The van der Waals surface area contributed by atoms with Crippen molar-refractivity contribution in [2.75, 3.05) is 0 Å². The van der Waals surface area contributed by atoms with Crippen LogP contribution in [0.15, 0.2) is 34.6 Å². The molecule has 0 bridgehead atoms. The number of ether oxygens (including phenoxy) is 2. The molecule has 1 saturated heterocycles. The van der Waals surface area contributed by atoms with Crippen LogP contribution in [-0.4, -0.2) is 28.4 Å². The molecule has 1 N–H and O–H groups in total. The molecule has 1 aliphatic carbocycles. The summed E-state index contributed by atoms with van der Waals surface area (Å²) < 4.78 is 11.3. The number of fused-ring (bicyclic) bond motifs is 2. The Labute approximate surface area is 144 Å². The van der Waals surface area contributed by atoms with Crippen LogP contribution in [0.4, 0.5) is 0 Å². The molecule has 0 unspecified atom stereocenters. The van der Waals surface area contributed by atoms with Crippen molar-refractivity contribution < 1.29 is 19.4 Å². The van der Waals surface area contributed by atoms with E-state index >= 15 is 0 Å². The fourth-order valence-electron chi connectivity index (χ4n) is 3.66. The van der Waals surface area contributed by atoms with Gasteiger partial charge in [-0.15, -0.1) is 0 Å². The number of epoxide rings is 1. The average molecular weight is 332 g/mol. The molecule has 132 valence electrons. The number of carbonyl (C=O) groups excluding carboxylic acids is 1. The molecule has 4 heteroatoms. The lowest BCUT2D eigenvalue weighted by atomic mass is 9.90. The lowest BCUT2D eigenvalue weighted by molar-refractivity contribution is -0.133. The molecule has 3 rings (SSSR count). The van der Waals surface area contributed by atoms with Crippen LogP contribution in [-0.2, 0) is 14.3 Å². The Kier molecular flexibility index (Phi) is 4.47. The van der Waals surface area contributed by atoms with Gasteiger partial charge in [0.2, 0.25) is 0 Å². The maximum absolute atomic E-state index is 11.9. The summed E-state index contributed by atoms with van der Waals surface area (Å²) in [7, 11) is 0. The van der Waals surface area contributed by atoms with Crippen molar-refractivity contribution in [2.45, 2.75) is 83.5 Å². The van der Waals surface area contributed by atoms with Crippen molar-refractivity contribution >= 4 is 5.97 Å². The van der Waals surface area contributed by atoms with Gasteiger partial charge in [-0.05, 0) is 72.3 Å².